The topological polar surface area (TPSA) is 84.1 Å². The standard InChI is InChI=1S/C14H17N3O3S/c1-8(2)4-12(18)17-14-16-11(7-21-14)9-5-10(15-6-9)13(19)20-3/h5-8,15H,4H2,1-3H3,(H,16,17,18). The van der Waals surface area contributed by atoms with Gasteiger partial charge in [-0.1, -0.05) is 13.8 Å². The van der Waals surface area contributed by atoms with Gasteiger partial charge in [-0.05, 0) is 12.0 Å². The Labute approximate surface area is 126 Å². The maximum atomic E-state index is 11.7. The molecule has 112 valence electrons. The molecule has 2 aromatic rings. The summed E-state index contributed by atoms with van der Waals surface area (Å²) in [6.45, 7) is 3.97. The first-order valence-corrected chi connectivity index (χ1v) is 7.40. The number of rotatable bonds is 5. The Balaban J connectivity index is 2.07. The zero-order chi connectivity index (χ0) is 15.4. The summed E-state index contributed by atoms with van der Waals surface area (Å²) in [6.07, 6.45) is 2.15. The zero-order valence-corrected chi connectivity index (χ0v) is 12.9. The van der Waals surface area contributed by atoms with Gasteiger partial charge in [-0.2, -0.15) is 0 Å². The molecule has 0 aliphatic heterocycles. The molecule has 6 nitrogen and oxygen atoms in total. The number of esters is 1. The number of hydrogen-bond acceptors (Lipinski definition) is 5. The predicted molar refractivity (Wildman–Crippen MR) is 81.3 cm³/mol. The summed E-state index contributed by atoms with van der Waals surface area (Å²) >= 11 is 1.35. The van der Waals surface area contributed by atoms with E-state index >= 15 is 0 Å². The van der Waals surface area contributed by atoms with E-state index in [1.54, 1.807) is 12.3 Å². The molecule has 0 fully saturated rings. The quantitative estimate of drug-likeness (QED) is 0.832. The van der Waals surface area contributed by atoms with Crippen molar-refractivity contribution in [3.8, 4) is 11.3 Å². The molecule has 0 spiro atoms. The van der Waals surface area contributed by atoms with Crippen LogP contribution >= 0.6 is 11.3 Å². The summed E-state index contributed by atoms with van der Waals surface area (Å²) in [4.78, 5) is 30.2. The van der Waals surface area contributed by atoms with Gasteiger partial charge in [0.2, 0.25) is 5.91 Å². The fourth-order valence-corrected chi connectivity index (χ4v) is 2.51. The minimum absolute atomic E-state index is 0.0461. The van der Waals surface area contributed by atoms with Crippen molar-refractivity contribution in [3.63, 3.8) is 0 Å². The normalized spacial score (nSPS) is 10.7. The van der Waals surface area contributed by atoms with Gasteiger partial charge in [0.15, 0.2) is 5.13 Å². The average Bonchev–Trinajstić information content (AvgIpc) is 3.05. The Bertz CT molecular complexity index is 645. The lowest BCUT2D eigenvalue weighted by molar-refractivity contribution is -0.116. The van der Waals surface area contributed by atoms with Crippen LogP contribution in [0.1, 0.15) is 30.8 Å². The number of aromatic amines is 1. The van der Waals surface area contributed by atoms with Crippen LogP contribution in [0.5, 0.6) is 0 Å². The van der Waals surface area contributed by atoms with Crippen molar-refractivity contribution in [2.45, 2.75) is 20.3 Å². The molecule has 2 aromatic heterocycles. The molecule has 0 aliphatic carbocycles. The molecule has 0 aliphatic rings. The summed E-state index contributed by atoms with van der Waals surface area (Å²) in [5.74, 6) is -0.172. The van der Waals surface area contributed by atoms with E-state index in [2.05, 4.69) is 20.0 Å². The SMILES string of the molecule is COC(=O)c1cc(-c2csc(NC(=O)CC(C)C)n2)c[nH]1. The highest BCUT2D eigenvalue weighted by Gasteiger charge is 2.13. The summed E-state index contributed by atoms with van der Waals surface area (Å²) < 4.78 is 4.64. The molecule has 0 aromatic carbocycles. The van der Waals surface area contributed by atoms with E-state index in [9.17, 15) is 9.59 Å². The van der Waals surface area contributed by atoms with E-state index in [-0.39, 0.29) is 5.91 Å². The lowest BCUT2D eigenvalue weighted by Gasteiger charge is -2.03. The third kappa shape index (κ3) is 3.91. The van der Waals surface area contributed by atoms with Crippen molar-refractivity contribution < 1.29 is 14.3 Å². The first-order valence-electron chi connectivity index (χ1n) is 6.52. The number of carbonyl (C=O) groups is 2. The molecule has 0 saturated heterocycles. The second-order valence-corrected chi connectivity index (χ2v) is 5.84. The fraction of sp³-hybridized carbons (Fsp3) is 0.357. The Hall–Kier alpha value is -2.15. The Morgan fingerprint density at radius 1 is 1.48 bits per heavy atom. The molecule has 2 rings (SSSR count). The highest BCUT2D eigenvalue weighted by atomic mass is 32.1. The van der Waals surface area contributed by atoms with Gasteiger partial charge in [-0.15, -0.1) is 11.3 Å². The number of H-pyrrole nitrogens is 1. The van der Waals surface area contributed by atoms with Crippen molar-refractivity contribution in [3.05, 3.63) is 23.3 Å². The van der Waals surface area contributed by atoms with Crippen molar-refractivity contribution in [2.24, 2.45) is 5.92 Å². The van der Waals surface area contributed by atoms with E-state index in [0.29, 0.717) is 28.9 Å². The van der Waals surface area contributed by atoms with E-state index in [0.717, 1.165) is 5.56 Å². The molecule has 0 atom stereocenters. The molecule has 21 heavy (non-hydrogen) atoms. The molecule has 7 heteroatoms. The van der Waals surface area contributed by atoms with Gasteiger partial charge in [0.05, 0.1) is 12.8 Å². The summed E-state index contributed by atoms with van der Waals surface area (Å²) in [6, 6.07) is 1.67. The number of methoxy groups -OCH3 is 1. The Morgan fingerprint density at radius 2 is 2.24 bits per heavy atom. The maximum Gasteiger partial charge on any atom is 0.354 e. The Kier molecular flexibility index (Phi) is 4.74. The molecular formula is C14H17N3O3S. The third-order valence-electron chi connectivity index (χ3n) is 2.73. The van der Waals surface area contributed by atoms with Crippen LogP contribution in [0.25, 0.3) is 11.3 Å². The number of amides is 1. The molecular weight excluding hydrogens is 290 g/mol. The van der Waals surface area contributed by atoms with Crippen molar-refractivity contribution in [1.82, 2.24) is 9.97 Å². The van der Waals surface area contributed by atoms with Crippen LogP contribution in [0.4, 0.5) is 5.13 Å². The van der Waals surface area contributed by atoms with Crippen LogP contribution < -0.4 is 5.32 Å². The number of hydrogen-bond donors (Lipinski definition) is 2. The van der Waals surface area contributed by atoms with E-state index < -0.39 is 5.97 Å². The van der Waals surface area contributed by atoms with Gasteiger partial charge in [0.25, 0.3) is 0 Å². The number of ether oxygens (including phenoxy) is 1. The van der Waals surface area contributed by atoms with Crippen molar-refractivity contribution in [2.75, 3.05) is 12.4 Å². The number of nitrogens with zero attached hydrogens (tertiary/aromatic N) is 1. The number of anilines is 1. The highest BCUT2D eigenvalue weighted by molar-refractivity contribution is 7.14. The van der Waals surface area contributed by atoms with Gasteiger partial charge < -0.3 is 15.0 Å². The second kappa shape index (κ2) is 6.53. The molecule has 0 radical (unpaired) electrons. The minimum atomic E-state index is -0.429. The Morgan fingerprint density at radius 3 is 2.90 bits per heavy atom. The first kappa shape index (κ1) is 15.2. The highest BCUT2D eigenvalue weighted by Crippen LogP contribution is 2.25. The molecule has 0 bridgehead atoms. The van der Waals surface area contributed by atoms with E-state index in [4.69, 9.17) is 0 Å². The molecule has 0 saturated carbocycles. The maximum absolute atomic E-state index is 11.7. The third-order valence-corrected chi connectivity index (χ3v) is 3.49. The molecule has 2 N–H and O–H groups in total. The lowest BCUT2D eigenvalue weighted by Crippen LogP contribution is -2.13. The summed E-state index contributed by atoms with van der Waals surface area (Å²) in [7, 11) is 1.33. The van der Waals surface area contributed by atoms with Crippen LogP contribution in [0.2, 0.25) is 0 Å². The summed E-state index contributed by atoms with van der Waals surface area (Å²) in [5.41, 5.74) is 1.84. The van der Waals surface area contributed by atoms with Crippen LogP contribution in [0, 0.1) is 5.92 Å². The van der Waals surface area contributed by atoms with Gasteiger partial charge in [-0.3, -0.25) is 4.79 Å². The zero-order valence-electron chi connectivity index (χ0n) is 12.1. The molecule has 1 amide bonds. The predicted octanol–water partition coefficient (Wildman–Crippen LogP) is 2.91. The largest absolute Gasteiger partial charge is 0.464 e. The van der Waals surface area contributed by atoms with Crippen LogP contribution in [-0.2, 0) is 9.53 Å². The average molecular weight is 307 g/mol. The van der Waals surface area contributed by atoms with Gasteiger partial charge in [-0.25, -0.2) is 9.78 Å². The summed E-state index contributed by atoms with van der Waals surface area (Å²) in [5, 5.41) is 5.15. The number of thiazole rings is 1. The first-order chi connectivity index (χ1) is 9.99. The van der Waals surface area contributed by atoms with E-state index in [1.807, 2.05) is 19.2 Å². The smallest absolute Gasteiger partial charge is 0.354 e. The fourth-order valence-electron chi connectivity index (χ4n) is 1.77. The van der Waals surface area contributed by atoms with E-state index in [1.165, 1.54) is 18.4 Å². The van der Waals surface area contributed by atoms with Gasteiger partial charge in [0, 0.05) is 23.6 Å². The van der Waals surface area contributed by atoms with Crippen LogP contribution in [0.3, 0.4) is 0 Å². The van der Waals surface area contributed by atoms with Crippen molar-refractivity contribution >= 4 is 28.3 Å². The van der Waals surface area contributed by atoms with Crippen molar-refractivity contribution in [1.29, 1.82) is 0 Å². The van der Waals surface area contributed by atoms with Crippen LogP contribution in [-0.4, -0.2) is 29.0 Å². The monoisotopic (exact) mass is 307 g/mol. The second-order valence-electron chi connectivity index (χ2n) is 4.98. The number of carbonyl (C=O) groups excluding carboxylic acids is 2. The lowest BCUT2D eigenvalue weighted by atomic mass is 10.1. The minimum Gasteiger partial charge on any atom is -0.464 e. The number of aromatic nitrogens is 2. The van der Waals surface area contributed by atoms with Crippen LogP contribution in [0.15, 0.2) is 17.6 Å². The number of nitrogens with one attached hydrogen (secondary N) is 2. The molecule has 2 heterocycles. The van der Waals surface area contributed by atoms with Gasteiger partial charge >= 0.3 is 5.97 Å². The van der Waals surface area contributed by atoms with Gasteiger partial charge in [0.1, 0.15) is 5.69 Å². The molecule has 0 unspecified atom stereocenters.